The molecule has 7 heteroatoms. The van der Waals surface area contributed by atoms with Crippen molar-refractivity contribution in [3.8, 4) is 0 Å². The Hall–Kier alpha value is -1.79. The summed E-state index contributed by atoms with van der Waals surface area (Å²) >= 11 is 0. The lowest BCUT2D eigenvalue weighted by Crippen LogP contribution is -2.50. The number of carbonyl (C=O) groups is 3. The lowest BCUT2D eigenvalue weighted by atomic mass is 10.1. The molecule has 1 fully saturated rings. The summed E-state index contributed by atoms with van der Waals surface area (Å²) in [6.45, 7) is 4.06. The predicted octanol–water partition coefficient (Wildman–Crippen LogP) is 0.406. The molecule has 0 aromatic heterocycles. The third-order valence-corrected chi connectivity index (χ3v) is 3.69. The van der Waals surface area contributed by atoms with Crippen LogP contribution >= 0.6 is 0 Å². The topological polar surface area (TPSA) is 98.7 Å². The van der Waals surface area contributed by atoms with E-state index in [1.54, 1.807) is 14.0 Å². The zero-order chi connectivity index (χ0) is 15.3. The number of carbonyl (C=O) groups excluding carboxylic acids is 2. The molecule has 1 unspecified atom stereocenters. The number of hydrogen-bond donors (Lipinski definition) is 3. The third-order valence-electron chi connectivity index (χ3n) is 3.69. The highest BCUT2D eigenvalue weighted by Crippen LogP contribution is 2.25. The van der Waals surface area contributed by atoms with E-state index in [1.807, 2.05) is 6.92 Å². The minimum Gasteiger partial charge on any atom is -0.481 e. The molecule has 0 aromatic carbocycles. The van der Waals surface area contributed by atoms with Crippen LogP contribution in [0.1, 0.15) is 33.1 Å². The summed E-state index contributed by atoms with van der Waals surface area (Å²) in [6.07, 6.45) is 1.68. The van der Waals surface area contributed by atoms with Gasteiger partial charge in [-0.1, -0.05) is 0 Å². The molecule has 0 bridgehead atoms. The average molecular weight is 285 g/mol. The van der Waals surface area contributed by atoms with E-state index >= 15 is 0 Å². The molecular weight excluding hydrogens is 262 g/mol. The number of nitrogens with zero attached hydrogens (tertiary/aromatic N) is 1. The fraction of sp³-hybridized carbons (Fsp3) is 0.769. The average Bonchev–Trinajstić information content (AvgIpc) is 2.85. The Kier molecular flexibility index (Phi) is 5.79. The van der Waals surface area contributed by atoms with Gasteiger partial charge in [0.2, 0.25) is 5.91 Å². The van der Waals surface area contributed by atoms with Crippen molar-refractivity contribution in [2.45, 2.75) is 45.2 Å². The van der Waals surface area contributed by atoms with Gasteiger partial charge in [0.25, 0.3) is 0 Å². The van der Waals surface area contributed by atoms with Crippen molar-refractivity contribution in [1.29, 1.82) is 0 Å². The van der Waals surface area contributed by atoms with Crippen molar-refractivity contribution < 1.29 is 19.5 Å². The number of rotatable bonds is 5. The first kappa shape index (κ1) is 16.3. The van der Waals surface area contributed by atoms with E-state index in [9.17, 15) is 14.4 Å². The van der Waals surface area contributed by atoms with Gasteiger partial charge in [0.1, 0.15) is 6.04 Å². The van der Waals surface area contributed by atoms with Gasteiger partial charge in [0.05, 0.1) is 5.92 Å². The lowest BCUT2D eigenvalue weighted by molar-refractivity contribution is -0.141. The Balaban J connectivity index is 2.37. The Bertz CT molecular complexity index is 386. The molecule has 1 rings (SSSR count). The van der Waals surface area contributed by atoms with Gasteiger partial charge in [-0.05, 0) is 33.1 Å². The van der Waals surface area contributed by atoms with Gasteiger partial charge in [-0.2, -0.15) is 0 Å². The molecule has 0 spiro atoms. The summed E-state index contributed by atoms with van der Waals surface area (Å²) < 4.78 is 0. The van der Waals surface area contributed by atoms with E-state index in [2.05, 4.69) is 10.6 Å². The minimum atomic E-state index is -0.817. The number of carboxylic acids is 1. The highest BCUT2D eigenvalue weighted by Gasteiger charge is 2.31. The molecule has 0 radical (unpaired) electrons. The van der Waals surface area contributed by atoms with Crippen molar-refractivity contribution in [2.24, 2.45) is 5.92 Å². The van der Waals surface area contributed by atoms with Crippen LogP contribution < -0.4 is 10.6 Å². The van der Waals surface area contributed by atoms with E-state index in [4.69, 9.17) is 5.11 Å². The second-order valence-corrected chi connectivity index (χ2v) is 5.24. The van der Waals surface area contributed by atoms with Crippen LogP contribution in [0.15, 0.2) is 0 Å². The predicted molar refractivity (Wildman–Crippen MR) is 73.2 cm³/mol. The first-order chi connectivity index (χ1) is 9.35. The summed E-state index contributed by atoms with van der Waals surface area (Å²) in [5, 5.41) is 14.2. The molecule has 3 atom stereocenters. The molecule has 3 amide bonds. The molecule has 1 aliphatic rings. The third kappa shape index (κ3) is 4.40. The molecule has 0 aliphatic heterocycles. The number of hydrogen-bond acceptors (Lipinski definition) is 3. The Morgan fingerprint density at radius 2 is 2.00 bits per heavy atom. The number of urea groups is 1. The van der Waals surface area contributed by atoms with Gasteiger partial charge in [-0.15, -0.1) is 0 Å². The molecule has 7 nitrogen and oxygen atoms in total. The Morgan fingerprint density at radius 3 is 2.50 bits per heavy atom. The van der Waals surface area contributed by atoms with Crippen LogP contribution in [-0.2, 0) is 9.59 Å². The largest absolute Gasteiger partial charge is 0.481 e. The number of amides is 3. The number of nitrogens with one attached hydrogen (secondary N) is 2. The lowest BCUT2D eigenvalue weighted by Gasteiger charge is -2.21. The smallest absolute Gasteiger partial charge is 0.315 e. The van der Waals surface area contributed by atoms with Crippen molar-refractivity contribution in [3.63, 3.8) is 0 Å². The maximum absolute atomic E-state index is 11.8. The Labute approximate surface area is 118 Å². The van der Waals surface area contributed by atoms with Gasteiger partial charge >= 0.3 is 12.0 Å². The highest BCUT2D eigenvalue weighted by molar-refractivity contribution is 5.86. The van der Waals surface area contributed by atoms with E-state index in [-0.39, 0.29) is 17.9 Å². The summed E-state index contributed by atoms with van der Waals surface area (Å²) in [4.78, 5) is 35.9. The SMILES string of the molecule is CCN(C)C(=O)C(C)NC(=O)N[C@H]1CC[C@@H](C(=O)O)C1. The first-order valence-corrected chi connectivity index (χ1v) is 6.90. The molecule has 1 saturated carbocycles. The van der Waals surface area contributed by atoms with Gasteiger partial charge in [0.15, 0.2) is 0 Å². The van der Waals surface area contributed by atoms with E-state index in [0.717, 1.165) is 0 Å². The van der Waals surface area contributed by atoms with Crippen molar-refractivity contribution in [2.75, 3.05) is 13.6 Å². The van der Waals surface area contributed by atoms with E-state index in [0.29, 0.717) is 25.8 Å². The maximum atomic E-state index is 11.8. The molecule has 0 saturated heterocycles. The van der Waals surface area contributed by atoms with Gasteiger partial charge in [-0.3, -0.25) is 9.59 Å². The zero-order valence-corrected chi connectivity index (χ0v) is 12.2. The van der Waals surface area contributed by atoms with Gasteiger partial charge in [0, 0.05) is 19.6 Å². The fourth-order valence-electron chi connectivity index (χ4n) is 2.31. The zero-order valence-electron chi connectivity index (χ0n) is 12.2. The molecule has 0 heterocycles. The van der Waals surface area contributed by atoms with Crippen molar-refractivity contribution in [3.05, 3.63) is 0 Å². The maximum Gasteiger partial charge on any atom is 0.315 e. The van der Waals surface area contributed by atoms with Gasteiger partial charge in [-0.25, -0.2) is 4.79 Å². The second-order valence-electron chi connectivity index (χ2n) is 5.24. The second kappa shape index (κ2) is 7.12. The normalized spacial score (nSPS) is 22.9. The van der Waals surface area contributed by atoms with Crippen LogP contribution in [0.2, 0.25) is 0 Å². The monoisotopic (exact) mass is 285 g/mol. The first-order valence-electron chi connectivity index (χ1n) is 6.90. The van der Waals surface area contributed by atoms with Crippen LogP contribution in [0.5, 0.6) is 0 Å². The van der Waals surface area contributed by atoms with Crippen molar-refractivity contribution >= 4 is 17.9 Å². The standard InChI is InChI=1S/C13H23N3O4/c1-4-16(3)11(17)8(2)14-13(20)15-10-6-5-9(7-10)12(18)19/h8-10H,4-7H2,1-3H3,(H,18,19)(H2,14,15,20)/t8?,9-,10+/m1/s1. The van der Waals surface area contributed by atoms with Crippen LogP contribution in [0.25, 0.3) is 0 Å². The number of likely N-dealkylation sites (N-methyl/N-ethyl adjacent to an activating group) is 1. The van der Waals surface area contributed by atoms with Crippen molar-refractivity contribution in [1.82, 2.24) is 15.5 Å². The summed E-state index contributed by atoms with van der Waals surface area (Å²) in [7, 11) is 1.67. The highest BCUT2D eigenvalue weighted by atomic mass is 16.4. The minimum absolute atomic E-state index is 0.137. The molecule has 3 N–H and O–H groups in total. The van der Waals surface area contributed by atoms with E-state index in [1.165, 1.54) is 4.90 Å². The molecule has 114 valence electrons. The molecular formula is C13H23N3O4. The van der Waals surface area contributed by atoms with Crippen LogP contribution in [0, 0.1) is 5.92 Å². The van der Waals surface area contributed by atoms with Crippen LogP contribution in [0.3, 0.4) is 0 Å². The van der Waals surface area contributed by atoms with Crippen LogP contribution in [0.4, 0.5) is 4.79 Å². The quantitative estimate of drug-likeness (QED) is 0.681. The van der Waals surface area contributed by atoms with Gasteiger partial charge < -0.3 is 20.6 Å². The molecule has 0 aromatic rings. The van der Waals surface area contributed by atoms with E-state index < -0.39 is 18.0 Å². The number of carboxylic acid groups (broad SMARTS) is 1. The summed E-state index contributed by atoms with van der Waals surface area (Å²) in [5.74, 6) is -1.36. The summed E-state index contributed by atoms with van der Waals surface area (Å²) in [5.41, 5.74) is 0. The fourth-order valence-corrected chi connectivity index (χ4v) is 2.31. The molecule has 20 heavy (non-hydrogen) atoms. The Morgan fingerprint density at radius 1 is 1.35 bits per heavy atom. The number of aliphatic carboxylic acids is 1. The van der Waals surface area contributed by atoms with Crippen LogP contribution in [-0.4, -0.2) is 53.6 Å². The molecule has 1 aliphatic carbocycles. The summed E-state index contributed by atoms with van der Waals surface area (Å²) in [6, 6.07) is -1.16.